The lowest BCUT2D eigenvalue weighted by atomic mass is 9.87. The second kappa shape index (κ2) is 9.96. The number of thiophene rings is 1. The van der Waals surface area contributed by atoms with Crippen LogP contribution in [0.25, 0.3) is 81.1 Å². The van der Waals surface area contributed by atoms with Gasteiger partial charge in [0.15, 0.2) is 0 Å². The Morgan fingerprint density at radius 2 is 1.02 bits per heavy atom. The maximum atomic E-state index is 2.53. The van der Waals surface area contributed by atoms with Gasteiger partial charge >= 0.3 is 0 Å². The topological polar surface area (TPSA) is 14.8 Å². The van der Waals surface area contributed by atoms with Gasteiger partial charge in [0.1, 0.15) is 5.65 Å². The molecule has 4 heterocycles. The molecule has 4 aromatic heterocycles. The fourth-order valence-electron chi connectivity index (χ4n) is 7.77. The number of aromatic nitrogens is 3. The molecule has 0 atom stereocenters. The van der Waals surface area contributed by atoms with Crippen LogP contribution in [-0.2, 0) is 5.41 Å². The van der Waals surface area contributed by atoms with E-state index in [1.165, 1.54) is 69.6 Å². The van der Waals surface area contributed by atoms with Crippen LogP contribution in [0.2, 0.25) is 0 Å². The minimum absolute atomic E-state index is 0.0768. The lowest BCUT2D eigenvalue weighted by Crippen LogP contribution is -2.10. The van der Waals surface area contributed by atoms with Gasteiger partial charge in [0.2, 0.25) is 0 Å². The second-order valence-corrected chi connectivity index (χ2v) is 14.9. The summed E-state index contributed by atoms with van der Waals surface area (Å²) in [6.07, 6.45) is 0. The van der Waals surface area contributed by atoms with Crippen molar-refractivity contribution in [2.24, 2.45) is 0 Å². The van der Waals surface area contributed by atoms with Crippen molar-refractivity contribution in [3.63, 3.8) is 0 Å². The number of rotatable bonds is 3. The average molecular weight is 636 g/mol. The Kier molecular flexibility index (Phi) is 5.71. The zero-order valence-electron chi connectivity index (χ0n) is 27.1. The largest absolute Gasteiger partial charge is 0.309 e. The summed E-state index contributed by atoms with van der Waals surface area (Å²) in [5.74, 6) is 0. The summed E-state index contributed by atoms with van der Waals surface area (Å²) < 4.78 is 10.1. The molecule has 0 aliphatic carbocycles. The van der Waals surface area contributed by atoms with Crippen LogP contribution >= 0.6 is 11.3 Å². The van der Waals surface area contributed by atoms with Crippen molar-refractivity contribution in [3.8, 4) is 17.1 Å². The summed E-state index contributed by atoms with van der Waals surface area (Å²) in [4.78, 5) is 0. The van der Waals surface area contributed by atoms with E-state index in [1.807, 2.05) is 11.3 Å². The number of nitrogens with zero attached hydrogens (tertiary/aromatic N) is 3. The Morgan fingerprint density at radius 1 is 0.458 bits per heavy atom. The Morgan fingerprint density at radius 3 is 1.69 bits per heavy atom. The van der Waals surface area contributed by atoms with Crippen LogP contribution in [0.4, 0.5) is 0 Å². The summed E-state index contributed by atoms with van der Waals surface area (Å²) in [6.45, 7) is 6.90. The fourth-order valence-corrected chi connectivity index (χ4v) is 9.05. The molecule has 10 aromatic rings. The molecule has 0 saturated carbocycles. The van der Waals surface area contributed by atoms with Gasteiger partial charge in [-0.1, -0.05) is 112 Å². The predicted molar refractivity (Wildman–Crippen MR) is 206 cm³/mol. The lowest BCUT2D eigenvalue weighted by molar-refractivity contribution is 0.591. The number of benzene rings is 6. The molecular formula is C44H33N3S. The van der Waals surface area contributed by atoms with Crippen molar-refractivity contribution >= 4 is 75.4 Å². The van der Waals surface area contributed by atoms with Crippen molar-refractivity contribution < 1.29 is 0 Å². The van der Waals surface area contributed by atoms with Gasteiger partial charge in [-0.15, -0.1) is 11.3 Å². The van der Waals surface area contributed by atoms with Gasteiger partial charge in [0, 0.05) is 48.7 Å². The summed E-state index contributed by atoms with van der Waals surface area (Å²) >= 11 is 1.93. The molecule has 0 unspecified atom stereocenters. The smallest absolute Gasteiger partial charge is 0.132 e. The van der Waals surface area contributed by atoms with Crippen molar-refractivity contribution in [2.75, 3.05) is 0 Å². The van der Waals surface area contributed by atoms with Crippen LogP contribution in [0.5, 0.6) is 0 Å². The van der Waals surface area contributed by atoms with Crippen LogP contribution < -0.4 is 0 Å². The van der Waals surface area contributed by atoms with Gasteiger partial charge in [-0.3, -0.25) is 9.13 Å². The minimum atomic E-state index is 0.0768. The highest BCUT2D eigenvalue weighted by Gasteiger charge is 2.26. The highest BCUT2D eigenvalue weighted by Crippen LogP contribution is 2.48. The molecule has 10 rings (SSSR count). The number of fused-ring (bicyclic) bond motifs is 10. The van der Waals surface area contributed by atoms with Crippen LogP contribution in [0, 0.1) is 0 Å². The van der Waals surface area contributed by atoms with Crippen LogP contribution in [0.1, 0.15) is 26.3 Å². The first-order valence-electron chi connectivity index (χ1n) is 16.6. The molecule has 0 radical (unpaired) electrons. The molecular weight excluding hydrogens is 603 g/mol. The maximum absolute atomic E-state index is 2.53. The molecule has 0 saturated heterocycles. The fraction of sp³-hybridized carbons (Fsp3) is 0.0909. The minimum Gasteiger partial charge on any atom is -0.309 e. The quantitative estimate of drug-likeness (QED) is 0.183. The molecule has 230 valence electrons. The van der Waals surface area contributed by atoms with Gasteiger partial charge in [-0.05, 0) is 65.6 Å². The summed E-state index contributed by atoms with van der Waals surface area (Å²) in [5.41, 5.74) is 11.0. The maximum Gasteiger partial charge on any atom is 0.132 e. The van der Waals surface area contributed by atoms with Crippen LogP contribution in [0.15, 0.2) is 146 Å². The highest BCUT2D eigenvalue weighted by molar-refractivity contribution is 7.26. The SMILES string of the molecule is CC(C)(C)c1ccc2c(c1)sc1c3c4ccccc4n(-c4ccccc4)c3n(-c3cccc(-n4c5ccccc5c5ccccc54)c3)c21. The molecule has 0 fully saturated rings. The number of hydrogen-bond acceptors (Lipinski definition) is 1. The molecule has 0 bridgehead atoms. The standard InChI is InChI=1S/C44H33N3S/c1-44(2,3)28-24-25-35-39(26-28)48-42-40-34-20-9-12-23-38(34)46(29-14-5-4-6-15-29)43(40)47(41(35)42)31-17-13-16-30(27-31)45-36-21-10-7-18-32(36)33-19-8-11-22-37(33)45/h4-27H,1-3H3. The third kappa shape index (κ3) is 3.81. The number of hydrogen-bond donors (Lipinski definition) is 0. The monoisotopic (exact) mass is 635 g/mol. The van der Waals surface area contributed by atoms with Gasteiger partial charge in [0.05, 0.1) is 26.8 Å². The van der Waals surface area contributed by atoms with Crippen molar-refractivity contribution in [3.05, 3.63) is 151 Å². The Bertz CT molecular complexity index is 2820. The third-order valence-corrected chi connectivity index (χ3v) is 11.1. The van der Waals surface area contributed by atoms with Crippen LogP contribution in [0.3, 0.4) is 0 Å². The van der Waals surface area contributed by atoms with E-state index in [-0.39, 0.29) is 5.41 Å². The Hall–Kier alpha value is -5.58. The van der Waals surface area contributed by atoms with E-state index in [4.69, 9.17) is 0 Å². The van der Waals surface area contributed by atoms with E-state index in [0.29, 0.717) is 0 Å². The lowest BCUT2D eigenvalue weighted by Gasteiger charge is -2.19. The van der Waals surface area contributed by atoms with E-state index < -0.39 is 0 Å². The van der Waals surface area contributed by atoms with E-state index in [1.54, 1.807) is 0 Å². The predicted octanol–water partition coefficient (Wildman–Crippen LogP) is 12.3. The third-order valence-electron chi connectivity index (χ3n) is 9.98. The van der Waals surface area contributed by atoms with Gasteiger partial charge < -0.3 is 4.57 Å². The molecule has 0 N–H and O–H groups in total. The van der Waals surface area contributed by atoms with E-state index in [2.05, 4.69) is 180 Å². The van der Waals surface area contributed by atoms with Gasteiger partial charge in [-0.25, -0.2) is 0 Å². The van der Waals surface area contributed by atoms with Crippen molar-refractivity contribution in [1.82, 2.24) is 13.7 Å². The molecule has 0 aliphatic heterocycles. The molecule has 48 heavy (non-hydrogen) atoms. The molecule has 0 aliphatic rings. The van der Waals surface area contributed by atoms with Gasteiger partial charge in [-0.2, -0.15) is 0 Å². The first-order valence-corrected chi connectivity index (χ1v) is 17.4. The molecule has 6 aromatic carbocycles. The van der Waals surface area contributed by atoms with Crippen LogP contribution in [-0.4, -0.2) is 13.7 Å². The highest BCUT2D eigenvalue weighted by atomic mass is 32.1. The number of para-hydroxylation sites is 4. The van der Waals surface area contributed by atoms with E-state index in [0.717, 1.165) is 17.1 Å². The second-order valence-electron chi connectivity index (χ2n) is 13.9. The van der Waals surface area contributed by atoms with Crippen molar-refractivity contribution in [1.29, 1.82) is 0 Å². The Labute approximate surface area is 282 Å². The van der Waals surface area contributed by atoms with E-state index >= 15 is 0 Å². The van der Waals surface area contributed by atoms with Crippen molar-refractivity contribution in [2.45, 2.75) is 26.2 Å². The molecule has 0 spiro atoms. The summed E-state index contributed by atoms with van der Waals surface area (Å²) in [6, 6.07) is 53.4. The first-order chi connectivity index (χ1) is 23.5. The molecule has 3 nitrogen and oxygen atoms in total. The Balaban J connectivity index is 1.36. The summed E-state index contributed by atoms with van der Waals surface area (Å²) in [7, 11) is 0. The molecule has 4 heteroatoms. The molecule has 0 amide bonds. The zero-order valence-corrected chi connectivity index (χ0v) is 27.9. The van der Waals surface area contributed by atoms with Gasteiger partial charge in [0.25, 0.3) is 0 Å². The van der Waals surface area contributed by atoms with E-state index in [9.17, 15) is 0 Å². The first kappa shape index (κ1) is 27.5. The average Bonchev–Trinajstić information content (AvgIpc) is 3.83. The summed E-state index contributed by atoms with van der Waals surface area (Å²) in [5, 5.41) is 6.43. The zero-order chi connectivity index (χ0) is 32.1. The normalized spacial score (nSPS) is 12.5.